The van der Waals surface area contributed by atoms with Crippen LogP contribution in [-0.4, -0.2) is 0 Å². The van der Waals surface area contributed by atoms with Crippen LogP contribution >= 0.6 is 15.9 Å². The van der Waals surface area contributed by atoms with Gasteiger partial charge in [0.25, 0.3) is 0 Å². The van der Waals surface area contributed by atoms with Gasteiger partial charge in [-0.15, -0.1) is 0 Å². The Hall–Kier alpha value is -0.550. The molecule has 0 radical (unpaired) electrons. The minimum atomic E-state index is -4.33. The summed E-state index contributed by atoms with van der Waals surface area (Å²) in [5.41, 5.74) is 5.82. The van der Waals surface area contributed by atoms with Crippen LogP contribution in [-0.2, 0) is 6.18 Å². The van der Waals surface area contributed by atoms with Crippen LogP contribution in [0.3, 0.4) is 0 Å². The van der Waals surface area contributed by atoms with E-state index in [0.29, 0.717) is 10.0 Å². The molecule has 0 fully saturated rings. The molecule has 96 valence electrons. The lowest BCUT2D eigenvalue weighted by atomic mass is 9.92. The first-order valence-corrected chi connectivity index (χ1v) is 6.19. The van der Waals surface area contributed by atoms with Crippen LogP contribution in [0.15, 0.2) is 22.7 Å². The zero-order valence-corrected chi connectivity index (χ0v) is 11.3. The molecule has 1 unspecified atom stereocenters. The Morgan fingerprint density at radius 2 is 1.94 bits per heavy atom. The highest BCUT2D eigenvalue weighted by atomic mass is 79.9. The third kappa shape index (κ3) is 3.45. The zero-order chi connectivity index (χ0) is 13.2. The second-order valence-electron chi connectivity index (χ2n) is 4.15. The molecule has 5 heteroatoms. The SMILES string of the molecule is CCC(C)[C@@H](N)c1cc(C(F)(F)F)ccc1Br. The lowest BCUT2D eigenvalue weighted by molar-refractivity contribution is -0.137. The van der Waals surface area contributed by atoms with Gasteiger partial charge in [0.05, 0.1) is 5.56 Å². The predicted molar refractivity (Wildman–Crippen MR) is 65.5 cm³/mol. The molecule has 0 saturated carbocycles. The van der Waals surface area contributed by atoms with Gasteiger partial charge in [-0.25, -0.2) is 0 Å². The smallest absolute Gasteiger partial charge is 0.324 e. The number of benzene rings is 1. The summed E-state index contributed by atoms with van der Waals surface area (Å²) in [6.45, 7) is 3.89. The van der Waals surface area contributed by atoms with Gasteiger partial charge < -0.3 is 5.73 Å². The quantitative estimate of drug-likeness (QED) is 0.873. The van der Waals surface area contributed by atoms with E-state index >= 15 is 0 Å². The van der Waals surface area contributed by atoms with Crippen molar-refractivity contribution < 1.29 is 13.2 Å². The van der Waals surface area contributed by atoms with Gasteiger partial charge in [0.2, 0.25) is 0 Å². The van der Waals surface area contributed by atoms with Crippen molar-refractivity contribution in [3.05, 3.63) is 33.8 Å². The molecule has 2 atom stereocenters. The second kappa shape index (κ2) is 5.40. The summed E-state index contributed by atoms with van der Waals surface area (Å²) in [6, 6.07) is 3.19. The minimum Gasteiger partial charge on any atom is -0.324 e. The molecule has 1 aromatic carbocycles. The molecular formula is C12H15BrF3N. The van der Waals surface area contributed by atoms with Crippen molar-refractivity contribution >= 4 is 15.9 Å². The Labute approximate surface area is 107 Å². The van der Waals surface area contributed by atoms with E-state index in [1.165, 1.54) is 6.07 Å². The van der Waals surface area contributed by atoms with Crippen LogP contribution in [0, 0.1) is 5.92 Å². The first-order chi connectivity index (χ1) is 7.77. The highest BCUT2D eigenvalue weighted by molar-refractivity contribution is 9.10. The summed E-state index contributed by atoms with van der Waals surface area (Å²) in [5, 5.41) is 0. The maximum absolute atomic E-state index is 12.6. The van der Waals surface area contributed by atoms with E-state index in [0.717, 1.165) is 18.6 Å². The normalized spacial score (nSPS) is 15.7. The van der Waals surface area contributed by atoms with Crippen molar-refractivity contribution in [3.63, 3.8) is 0 Å². The summed E-state index contributed by atoms with van der Waals surface area (Å²) in [6.07, 6.45) is -3.51. The van der Waals surface area contributed by atoms with E-state index < -0.39 is 17.8 Å². The summed E-state index contributed by atoms with van der Waals surface area (Å²) in [7, 11) is 0. The maximum Gasteiger partial charge on any atom is 0.416 e. The molecule has 0 aliphatic heterocycles. The first kappa shape index (κ1) is 14.5. The molecule has 0 spiro atoms. The van der Waals surface area contributed by atoms with E-state index in [-0.39, 0.29) is 5.92 Å². The van der Waals surface area contributed by atoms with Crippen LogP contribution in [0.1, 0.15) is 37.4 Å². The molecule has 0 amide bonds. The fourth-order valence-electron chi connectivity index (χ4n) is 1.54. The van der Waals surface area contributed by atoms with Gasteiger partial charge in [-0.3, -0.25) is 0 Å². The molecule has 0 heterocycles. The Bertz CT molecular complexity index is 390. The molecule has 0 bridgehead atoms. The highest BCUT2D eigenvalue weighted by Crippen LogP contribution is 2.35. The van der Waals surface area contributed by atoms with Crippen molar-refractivity contribution in [2.24, 2.45) is 11.7 Å². The van der Waals surface area contributed by atoms with E-state index in [9.17, 15) is 13.2 Å². The molecule has 1 nitrogen and oxygen atoms in total. The topological polar surface area (TPSA) is 26.0 Å². The molecule has 1 aromatic rings. The van der Waals surface area contributed by atoms with E-state index in [4.69, 9.17) is 5.73 Å². The number of hydrogen-bond acceptors (Lipinski definition) is 1. The van der Waals surface area contributed by atoms with Crippen LogP contribution in [0.2, 0.25) is 0 Å². The van der Waals surface area contributed by atoms with Gasteiger partial charge >= 0.3 is 6.18 Å². The fraction of sp³-hybridized carbons (Fsp3) is 0.500. The first-order valence-electron chi connectivity index (χ1n) is 5.39. The average molecular weight is 310 g/mol. The van der Waals surface area contributed by atoms with E-state index in [1.54, 1.807) is 0 Å². The van der Waals surface area contributed by atoms with Gasteiger partial charge in [0.15, 0.2) is 0 Å². The van der Waals surface area contributed by atoms with Crippen LogP contribution in [0.25, 0.3) is 0 Å². The number of rotatable bonds is 3. The Morgan fingerprint density at radius 3 is 2.41 bits per heavy atom. The summed E-state index contributed by atoms with van der Waals surface area (Å²) < 4.78 is 38.4. The van der Waals surface area contributed by atoms with Crippen LogP contribution < -0.4 is 5.73 Å². The molecule has 0 aliphatic carbocycles. The van der Waals surface area contributed by atoms with E-state index in [2.05, 4.69) is 15.9 Å². The van der Waals surface area contributed by atoms with Crippen molar-refractivity contribution in [2.75, 3.05) is 0 Å². The maximum atomic E-state index is 12.6. The summed E-state index contributed by atoms with van der Waals surface area (Å²) in [5.74, 6) is 0.134. The Kier molecular flexibility index (Phi) is 4.61. The second-order valence-corrected chi connectivity index (χ2v) is 5.00. The fourth-order valence-corrected chi connectivity index (χ4v) is 2.05. The molecule has 0 saturated heterocycles. The minimum absolute atomic E-state index is 0.134. The third-order valence-electron chi connectivity index (χ3n) is 2.94. The standard InChI is InChI=1S/C12H15BrF3N/c1-3-7(2)11(17)9-6-8(12(14,15)16)4-5-10(9)13/h4-7,11H,3,17H2,1-2H3/t7?,11-/m1/s1. The highest BCUT2D eigenvalue weighted by Gasteiger charge is 2.31. The average Bonchev–Trinajstić information content (AvgIpc) is 2.26. The summed E-state index contributed by atoms with van der Waals surface area (Å²) in [4.78, 5) is 0. The largest absolute Gasteiger partial charge is 0.416 e. The lowest BCUT2D eigenvalue weighted by Gasteiger charge is -2.21. The molecule has 0 aliphatic rings. The molecule has 1 rings (SSSR count). The molecular weight excluding hydrogens is 295 g/mol. The van der Waals surface area contributed by atoms with Gasteiger partial charge in [-0.2, -0.15) is 13.2 Å². The van der Waals surface area contributed by atoms with Crippen LogP contribution in [0.4, 0.5) is 13.2 Å². The van der Waals surface area contributed by atoms with Gasteiger partial charge in [-0.1, -0.05) is 36.2 Å². The van der Waals surface area contributed by atoms with Gasteiger partial charge in [-0.05, 0) is 29.7 Å². The Morgan fingerprint density at radius 1 is 1.35 bits per heavy atom. The summed E-state index contributed by atoms with van der Waals surface area (Å²) >= 11 is 3.25. The van der Waals surface area contributed by atoms with Gasteiger partial charge in [0.1, 0.15) is 0 Å². The number of hydrogen-bond donors (Lipinski definition) is 1. The van der Waals surface area contributed by atoms with Crippen molar-refractivity contribution in [1.82, 2.24) is 0 Å². The molecule has 2 N–H and O–H groups in total. The predicted octanol–water partition coefficient (Wildman–Crippen LogP) is 4.51. The van der Waals surface area contributed by atoms with Crippen LogP contribution in [0.5, 0.6) is 0 Å². The molecule has 0 aromatic heterocycles. The van der Waals surface area contributed by atoms with Crippen molar-refractivity contribution in [1.29, 1.82) is 0 Å². The number of halogens is 4. The van der Waals surface area contributed by atoms with E-state index in [1.807, 2.05) is 13.8 Å². The number of alkyl halides is 3. The van der Waals surface area contributed by atoms with Crippen molar-refractivity contribution in [2.45, 2.75) is 32.5 Å². The zero-order valence-electron chi connectivity index (χ0n) is 9.68. The molecule has 17 heavy (non-hydrogen) atoms. The Balaban J connectivity index is 3.15. The van der Waals surface area contributed by atoms with Gasteiger partial charge in [0, 0.05) is 10.5 Å². The van der Waals surface area contributed by atoms with Crippen molar-refractivity contribution in [3.8, 4) is 0 Å². The third-order valence-corrected chi connectivity index (χ3v) is 3.66. The monoisotopic (exact) mass is 309 g/mol. The number of nitrogens with two attached hydrogens (primary N) is 1. The lowest BCUT2D eigenvalue weighted by Crippen LogP contribution is -2.20.